The number of hydrogen-bond donors (Lipinski definition) is 2. The third-order valence-electron chi connectivity index (χ3n) is 2.83. The first kappa shape index (κ1) is 13.9. The molecule has 0 saturated carbocycles. The summed E-state index contributed by atoms with van der Waals surface area (Å²) in [6, 6.07) is 6.23. The molecule has 1 fully saturated rings. The molecule has 0 aromatic heterocycles. The normalized spacial score (nSPS) is 19.6. The van der Waals surface area contributed by atoms with Gasteiger partial charge in [0.1, 0.15) is 0 Å². The van der Waals surface area contributed by atoms with Gasteiger partial charge in [0, 0.05) is 35.0 Å². The highest BCUT2D eigenvalue weighted by molar-refractivity contribution is 9.10. The van der Waals surface area contributed by atoms with E-state index in [0.29, 0.717) is 12.5 Å². The smallest absolute Gasteiger partial charge is 0.226 e. The minimum absolute atomic E-state index is 0.0690. The van der Waals surface area contributed by atoms with Crippen LogP contribution in [-0.4, -0.2) is 30.0 Å². The van der Waals surface area contributed by atoms with Gasteiger partial charge in [-0.3, -0.25) is 4.79 Å². The zero-order valence-corrected chi connectivity index (χ0v) is 12.7. The maximum absolute atomic E-state index is 11.9. The minimum atomic E-state index is 0.0690. The second kappa shape index (κ2) is 6.59. The molecule has 0 bridgehead atoms. The topological polar surface area (TPSA) is 41.1 Å². The van der Waals surface area contributed by atoms with E-state index in [-0.39, 0.29) is 5.91 Å². The van der Waals surface area contributed by atoms with Gasteiger partial charge >= 0.3 is 0 Å². The van der Waals surface area contributed by atoms with Crippen LogP contribution in [0.1, 0.15) is 12.0 Å². The van der Waals surface area contributed by atoms with E-state index in [1.807, 2.05) is 36.9 Å². The average molecular weight is 329 g/mol. The van der Waals surface area contributed by atoms with Crippen LogP contribution >= 0.6 is 27.7 Å². The number of rotatable bonds is 3. The number of thioether (sulfide) groups is 1. The summed E-state index contributed by atoms with van der Waals surface area (Å²) in [6.07, 6.45) is 0.535. The third kappa shape index (κ3) is 4.00. The molecule has 1 heterocycles. The molecular formula is C13H17BrN2OS. The fraction of sp³-hybridized carbons (Fsp3) is 0.462. The molecule has 1 aliphatic rings. The van der Waals surface area contributed by atoms with Crippen molar-refractivity contribution in [1.82, 2.24) is 5.32 Å². The van der Waals surface area contributed by atoms with Crippen LogP contribution in [-0.2, 0) is 4.79 Å². The van der Waals surface area contributed by atoms with E-state index in [9.17, 15) is 4.79 Å². The van der Waals surface area contributed by atoms with Crippen LogP contribution in [0, 0.1) is 6.92 Å². The molecular weight excluding hydrogens is 312 g/mol. The van der Waals surface area contributed by atoms with Gasteiger partial charge in [-0.05, 0) is 40.5 Å². The van der Waals surface area contributed by atoms with E-state index in [1.54, 1.807) is 0 Å². The fourth-order valence-electron chi connectivity index (χ4n) is 1.90. The van der Waals surface area contributed by atoms with Crippen molar-refractivity contribution < 1.29 is 4.79 Å². The van der Waals surface area contributed by atoms with E-state index < -0.39 is 0 Å². The largest absolute Gasteiger partial charge is 0.325 e. The standard InChI is InChI=1S/C13H17BrN2OS/c1-9-2-3-12(11(14)6-9)16-13(17)7-10-8-18-5-4-15-10/h2-3,6,10,15H,4-5,7-8H2,1H3,(H,16,17). The molecule has 1 aliphatic heterocycles. The van der Waals surface area contributed by atoms with Crippen LogP contribution in [0.15, 0.2) is 22.7 Å². The van der Waals surface area contributed by atoms with Crippen molar-refractivity contribution in [2.24, 2.45) is 0 Å². The molecule has 0 radical (unpaired) electrons. The molecule has 0 aliphatic carbocycles. The molecule has 1 amide bonds. The predicted octanol–water partition coefficient (Wildman–Crippen LogP) is 2.79. The fourth-order valence-corrected chi connectivity index (χ4v) is 3.44. The SMILES string of the molecule is Cc1ccc(NC(=O)CC2CSCCN2)c(Br)c1. The summed E-state index contributed by atoms with van der Waals surface area (Å²) < 4.78 is 0.932. The number of hydrogen-bond acceptors (Lipinski definition) is 3. The average Bonchev–Trinajstić information content (AvgIpc) is 2.34. The molecule has 1 saturated heterocycles. The molecule has 5 heteroatoms. The Hall–Kier alpha value is -0.520. The lowest BCUT2D eigenvalue weighted by Gasteiger charge is -2.22. The summed E-state index contributed by atoms with van der Waals surface area (Å²) in [6.45, 7) is 3.02. The molecule has 2 N–H and O–H groups in total. The van der Waals surface area contributed by atoms with Gasteiger partial charge in [0.2, 0.25) is 5.91 Å². The van der Waals surface area contributed by atoms with Crippen LogP contribution in [0.25, 0.3) is 0 Å². The van der Waals surface area contributed by atoms with Crippen LogP contribution in [0.5, 0.6) is 0 Å². The minimum Gasteiger partial charge on any atom is -0.325 e. The van der Waals surface area contributed by atoms with Gasteiger partial charge in [-0.1, -0.05) is 6.07 Å². The van der Waals surface area contributed by atoms with Gasteiger partial charge in [-0.2, -0.15) is 11.8 Å². The Morgan fingerprint density at radius 3 is 3.11 bits per heavy atom. The third-order valence-corrected chi connectivity index (χ3v) is 4.62. The lowest BCUT2D eigenvalue weighted by Crippen LogP contribution is -2.39. The van der Waals surface area contributed by atoms with E-state index in [2.05, 4.69) is 26.6 Å². The molecule has 0 spiro atoms. The summed E-state index contributed by atoms with van der Waals surface area (Å²) in [5.74, 6) is 2.23. The van der Waals surface area contributed by atoms with Crippen molar-refractivity contribution >= 4 is 39.3 Å². The Labute approximate surface area is 120 Å². The first-order valence-electron chi connectivity index (χ1n) is 6.02. The number of carbonyl (C=O) groups excluding carboxylic acids is 1. The molecule has 3 nitrogen and oxygen atoms in total. The molecule has 18 heavy (non-hydrogen) atoms. The number of benzene rings is 1. The lowest BCUT2D eigenvalue weighted by molar-refractivity contribution is -0.116. The number of carbonyl (C=O) groups is 1. The first-order valence-corrected chi connectivity index (χ1v) is 7.97. The Morgan fingerprint density at radius 2 is 2.44 bits per heavy atom. The summed E-state index contributed by atoms with van der Waals surface area (Å²) in [5, 5.41) is 6.32. The highest BCUT2D eigenvalue weighted by atomic mass is 79.9. The number of aryl methyl sites for hydroxylation is 1. The Balaban J connectivity index is 1.90. The molecule has 98 valence electrons. The molecule has 1 aromatic carbocycles. The van der Waals surface area contributed by atoms with Gasteiger partial charge in [0.25, 0.3) is 0 Å². The van der Waals surface area contributed by atoms with Crippen LogP contribution in [0.3, 0.4) is 0 Å². The van der Waals surface area contributed by atoms with Gasteiger partial charge in [-0.25, -0.2) is 0 Å². The lowest BCUT2D eigenvalue weighted by atomic mass is 10.2. The van der Waals surface area contributed by atoms with Crippen molar-refractivity contribution in [2.45, 2.75) is 19.4 Å². The molecule has 1 atom stereocenters. The van der Waals surface area contributed by atoms with Crippen LogP contribution in [0.2, 0.25) is 0 Å². The number of anilines is 1. The van der Waals surface area contributed by atoms with E-state index in [0.717, 1.165) is 28.2 Å². The van der Waals surface area contributed by atoms with Crippen LogP contribution in [0.4, 0.5) is 5.69 Å². The Kier molecular flexibility index (Phi) is 5.09. The first-order chi connectivity index (χ1) is 8.65. The second-order valence-electron chi connectivity index (χ2n) is 4.46. The maximum atomic E-state index is 11.9. The Bertz CT molecular complexity index is 433. The molecule has 2 rings (SSSR count). The van der Waals surface area contributed by atoms with E-state index >= 15 is 0 Å². The highest BCUT2D eigenvalue weighted by Crippen LogP contribution is 2.23. The van der Waals surface area contributed by atoms with Crippen molar-refractivity contribution in [3.63, 3.8) is 0 Å². The number of amides is 1. The number of nitrogens with one attached hydrogen (secondary N) is 2. The van der Waals surface area contributed by atoms with Crippen molar-refractivity contribution in [1.29, 1.82) is 0 Å². The maximum Gasteiger partial charge on any atom is 0.226 e. The van der Waals surface area contributed by atoms with E-state index in [4.69, 9.17) is 0 Å². The van der Waals surface area contributed by atoms with Gasteiger partial charge < -0.3 is 10.6 Å². The van der Waals surface area contributed by atoms with Crippen molar-refractivity contribution in [3.8, 4) is 0 Å². The van der Waals surface area contributed by atoms with Crippen LogP contribution < -0.4 is 10.6 Å². The zero-order chi connectivity index (χ0) is 13.0. The summed E-state index contributed by atoms with van der Waals surface area (Å²) in [7, 11) is 0. The predicted molar refractivity (Wildman–Crippen MR) is 81.2 cm³/mol. The quantitative estimate of drug-likeness (QED) is 0.896. The van der Waals surface area contributed by atoms with Gasteiger partial charge in [0.05, 0.1) is 5.69 Å². The van der Waals surface area contributed by atoms with Crippen molar-refractivity contribution in [3.05, 3.63) is 28.2 Å². The summed E-state index contributed by atoms with van der Waals surface area (Å²) in [5.41, 5.74) is 2.01. The zero-order valence-electron chi connectivity index (χ0n) is 10.3. The summed E-state index contributed by atoms with van der Waals surface area (Å²) in [4.78, 5) is 11.9. The molecule has 1 unspecified atom stereocenters. The van der Waals surface area contributed by atoms with Crippen molar-refractivity contribution in [2.75, 3.05) is 23.4 Å². The monoisotopic (exact) mass is 328 g/mol. The number of halogens is 1. The second-order valence-corrected chi connectivity index (χ2v) is 6.47. The van der Waals surface area contributed by atoms with Gasteiger partial charge in [-0.15, -0.1) is 0 Å². The van der Waals surface area contributed by atoms with E-state index in [1.165, 1.54) is 5.56 Å². The molecule has 1 aromatic rings. The summed E-state index contributed by atoms with van der Waals surface area (Å²) >= 11 is 5.37. The van der Waals surface area contributed by atoms with Gasteiger partial charge in [0.15, 0.2) is 0 Å². The highest BCUT2D eigenvalue weighted by Gasteiger charge is 2.17. The Morgan fingerprint density at radius 1 is 1.61 bits per heavy atom.